The first kappa shape index (κ1) is 21.0. The number of aryl methyl sites for hydroxylation is 1. The summed E-state index contributed by atoms with van der Waals surface area (Å²) < 4.78 is 28.6. The van der Waals surface area contributed by atoms with Crippen LogP contribution in [-0.2, 0) is 10.0 Å². The summed E-state index contributed by atoms with van der Waals surface area (Å²) in [6, 6.07) is 12.4. The van der Waals surface area contributed by atoms with Crippen molar-refractivity contribution in [3.05, 3.63) is 53.6 Å². The van der Waals surface area contributed by atoms with E-state index in [9.17, 15) is 13.2 Å². The Labute approximate surface area is 181 Å². The Morgan fingerprint density at radius 1 is 1.27 bits per heavy atom. The molecule has 1 aliphatic rings. The van der Waals surface area contributed by atoms with Crippen LogP contribution in [0.3, 0.4) is 0 Å². The molecule has 0 saturated carbocycles. The molecular weight excluding hydrogens is 418 g/mol. The largest absolute Gasteiger partial charge is 0.354 e. The van der Waals surface area contributed by atoms with Crippen molar-refractivity contribution in [3.8, 4) is 0 Å². The predicted octanol–water partition coefficient (Wildman–Crippen LogP) is 4.32. The molecule has 6 nitrogen and oxygen atoms in total. The smallest absolute Gasteiger partial charge is 0.243 e. The number of carbonyl (C=O) groups is 1. The SMILES string of the molecule is Cc1ccc2nc(NCC(=O)c3cccc(S(=O)(=O)N4CCCC(C)C4)c3)sc2c1. The van der Waals surface area contributed by atoms with Gasteiger partial charge in [0, 0.05) is 18.7 Å². The van der Waals surface area contributed by atoms with E-state index in [4.69, 9.17) is 0 Å². The summed E-state index contributed by atoms with van der Waals surface area (Å²) in [4.78, 5) is 17.4. The number of hydrogen-bond donors (Lipinski definition) is 1. The number of anilines is 1. The second kappa shape index (κ2) is 8.45. The maximum absolute atomic E-state index is 13.0. The highest BCUT2D eigenvalue weighted by Gasteiger charge is 2.29. The van der Waals surface area contributed by atoms with Gasteiger partial charge >= 0.3 is 0 Å². The highest BCUT2D eigenvalue weighted by Crippen LogP contribution is 2.27. The van der Waals surface area contributed by atoms with Gasteiger partial charge in [0.05, 0.1) is 21.7 Å². The number of piperidine rings is 1. The van der Waals surface area contributed by atoms with Crippen molar-refractivity contribution in [1.29, 1.82) is 0 Å². The van der Waals surface area contributed by atoms with Crippen molar-refractivity contribution in [2.24, 2.45) is 5.92 Å². The number of hydrogen-bond acceptors (Lipinski definition) is 6. The molecule has 0 radical (unpaired) electrons. The first-order chi connectivity index (χ1) is 14.3. The maximum Gasteiger partial charge on any atom is 0.243 e. The number of rotatable bonds is 6. The average Bonchev–Trinajstić information content (AvgIpc) is 3.14. The van der Waals surface area contributed by atoms with Gasteiger partial charge in [-0.05, 0) is 55.5 Å². The molecular formula is C22H25N3O3S2. The minimum absolute atomic E-state index is 0.0586. The van der Waals surface area contributed by atoms with Gasteiger partial charge in [-0.15, -0.1) is 0 Å². The van der Waals surface area contributed by atoms with E-state index in [2.05, 4.69) is 23.3 Å². The molecule has 0 aliphatic carbocycles. The number of sulfonamides is 1. The van der Waals surface area contributed by atoms with E-state index in [0.717, 1.165) is 28.6 Å². The fourth-order valence-corrected chi connectivity index (χ4v) is 6.31. The first-order valence-electron chi connectivity index (χ1n) is 10.1. The lowest BCUT2D eigenvalue weighted by Crippen LogP contribution is -2.39. The average molecular weight is 444 g/mol. The maximum atomic E-state index is 13.0. The summed E-state index contributed by atoms with van der Waals surface area (Å²) in [7, 11) is -3.59. The molecule has 2 heterocycles. The third kappa shape index (κ3) is 4.40. The molecule has 1 saturated heterocycles. The van der Waals surface area contributed by atoms with Crippen LogP contribution in [0.4, 0.5) is 5.13 Å². The van der Waals surface area contributed by atoms with Crippen molar-refractivity contribution < 1.29 is 13.2 Å². The zero-order valence-electron chi connectivity index (χ0n) is 17.1. The number of Topliss-reactive ketones (excluding diaryl/α,β-unsaturated/α-hetero) is 1. The molecule has 30 heavy (non-hydrogen) atoms. The lowest BCUT2D eigenvalue weighted by atomic mass is 10.0. The monoisotopic (exact) mass is 443 g/mol. The van der Waals surface area contributed by atoms with Gasteiger partial charge in [-0.2, -0.15) is 4.31 Å². The van der Waals surface area contributed by atoms with Crippen LogP contribution in [0.1, 0.15) is 35.7 Å². The van der Waals surface area contributed by atoms with Crippen LogP contribution in [0.25, 0.3) is 10.2 Å². The second-order valence-electron chi connectivity index (χ2n) is 7.91. The molecule has 8 heteroatoms. The number of aromatic nitrogens is 1. The highest BCUT2D eigenvalue weighted by molar-refractivity contribution is 7.89. The number of thiazole rings is 1. The van der Waals surface area contributed by atoms with Gasteiger partial charge in [-0.1, -0.05) is 36.5 Å². The summed E-state index contributed by atoms with van der Waals surface area (Å²) >= 11 is 1.50. The zero-order chi connectivity index (χ0) is 21.3. The minimum Gasteiger partial charge on any atom is -0.354 e. The Balaban J connectivity index is 1.48. The highest BCUT2D eigenvalue weighted by atomic mass is 32.2. The van der Waals surface area contributed by atoms with Crippen LogP contribution in [0.15, 0.2) is 47.4 Å². The summed E-state index contributed by atoms with van der Waals surface area (Å²) in [5.74, 6) is 0.176. The van der Waals surface area contributed by atoms with Crippen molar-refractivity contribution in [1.82, 2.24) is 9.29 Å². The van der Waals surface area contributed by atoms with E-state index in [-0.39, 0.29) is 17.2 Å². The third-order valence-corrected chi connectivity index (χ3v) is 8.19. The van der Waals surface area contributed by atoms with E-state index >= 15 is 0 Å². The molecule has 1 fully saturated rings. The molecule has 2 aromatic carbocycles. The van der Waals surface area contributed by atoms with Crippen LogP contribution in [0, 0.1) is 12.8 Å². The Bertz CT molecular complexity index is 1190. The van der Waals surface area contributed by atoms with E-state index in [0.29, 0.717) is 29.7 Å². The van der Waals surface area contributed by atoms with E-state index in [1.807, 2.05) is 19.1 Å². The van der Waals surface area contributed by atoms with Gasteiger partial charge in [-0.25, -0.2) is 13.4 Å². The molecule has 158 valence electrons. The van der Waals surface area contributed by atoms with Gasteiger partial charge in [-0.3, -0.25) is 4.79 Å². The number of fused-ring (bicyclic) bond motifs is 1. The third-order valence-electron chi connectivity index (χ3n) is 5.36. The Kier molecular flexibility index (Phi) is 5.90. The second-order valence-corrected chi connectivity index (χ2v) is 10.9. The topological polar surface area (TPSA) is 79.4 Å². The van der Waals surface area contributed by atoms with Crippen molar-refractivity contribution in [3.63, 3.8) is 0 Å². The lowest BCUT2D eigenvalue weighted by molar-refractivity contribution is 0.101. The van der Waals surface area contributed by atoms with Gasteiger partial charge in [0.1, 0.15) is 0 Å². The van der Waals surface area contributed by atoms with Crippen LogP contribution in [0.5, 0.6) is 0 Å². The Morgan fingerprint density at radius 3 is 2.90 bits per heavy atom. The normalized spacial score (nSPS) is 17.9. The predicted molar refractivity (Wildman–Crippen MR) is 121 cm³/mol. The molecule has 1 aromatic heterocycles. The summed E-state index contributed by atoms with van der Waals surface area (Å²) in [6.07, 6.45) is 1.91. The van der Waals surface area contributed by atoms with E-state index in [1.54, 1.807) is 18.2 Å². The fraction of sp³-hybridized carbons (Fsp3) is 0.364. The van der Waals surface area contributed by atoms with E-state index in [1.165, 1.54) is 21.7 Å². The molecule has 1 unspecified atom stereocenters. The van der Waals surface area contributed by atoms with Gasteiger partial charge in [0.15, 0.2) is 10.9 Å². The van der Waals surface area contributed by atoms with Crippen LogP contribution in [0.2, 0.25) is 0 Å². The molecule has 3 aromatic rings. The van der Waals surface area contributed by atoms with Crippen molar-refractivity contribution in [2.45, 2.75) is 31.6 Å². The standard InChI is InChI=1S/C22H25N3O3S2/c1-15-8-9-19-21(11-15)29-22(24-19)23-13-20(26)17-6-3-7-18(12-17)30(27,28)25-10-4-5-16(2)14-25/h3,6-9,11-12,16H,4-5,10,13-14H2,1-2H3,(H,23,24). The molecule has 0 amide bonds. The zero-order valence-corrected chi connectivity index (χ0v) is 18.7. The van der Waals surface area contributed by atoms with Gasteiger partial charge in [0.25, 0.3) is 0 Å². The molecule has 0 bridgehead atoms. The summed E-state index contributed by atoms with van der Waals surface area (Å²) in [6.45, 7) is 5.21. The molecule has 1 N–H and O–H groups in total. The number of ketones is 1. The van der Waals surface area contributed by atoms with Crippen molar-refractivity contribution in [2.75, 3.05) is 25.0 Å². The molecule has 4 rings (SSSR count). The fourth-order valence-electron chi connectivity index (χ4n) is 3.71. The Hall–Kier alpha value is -2.29. The van der Waals surface area contributed by atoms with Crippen molar-refractivity contribution >= 4 is 42.5 Å². The van der Waals surface area contributed by atoms with Crippen LogP contribution < -0.4 is 5.32 Å². The minimum atomic E-state index is -3.59. The van der Waals surface area contributed by atoms with Crippen LogP contribution >= 0.6 is 11.3 Å². The first-order valence-corrected chi connectivity index (χ1v) is 12.3. The number of nitrogens with zero attached hydrogens (tertiary/aromatic N) is 2. The van der Waals surface area contributed by atoms with E-state index < -0.39 is 10.0 Å². The number of nitrogens with one attached hydrogen (secondary N) is 1. The van der Waals surface area contributed by atoms with Gasteiger partial charge < -0.3 is 5.32 Å². The van der Waals surface area contributed by atoms with Gasteiger partial charge in [0.2, 0.25) is 10.0 Å². The molecule has 1 atom stereocenters. The number of benzene rings is 2. The Morgan fingerprint density at radius 2 is 2.10 bits per heavy atom. The lowest BCUT2D eigenvalue weighted by Gasteiger charge is -2.30. The molecule has 0 spiro atoms. The number of carbonyl (C=O) groups excluding carboxylic acids is 1. The molecule has 1 aliphatic heterocycles. The summed E-state index contributed by atoms with van der Waals surface area (Å²) in [5.41, 5.74) is 2.44. The summed E-state index contributed by atoms with van der Waals surface area (Å²) in [5, 5.41) is 3.75. The quantitative estimate of drug-likeness (QED) is 0.574. The van der Waals surface area contributed by atoms with Crippen LogP contribution in [-0.4, -0.2) is 43.1 Å².